The summed E-state index contributed by atoms with van der Waals surface area (Å²) < 4.78 is 16.1. The zero-order chi connectivity index (χ0) is 23.5. The van der Waals surface area contributed by atoms with E-state index in [1.54, 1.807) is 30.3 Å². The number of hydrogen-bond donors (Lipinski definition) is 1. The fourth-order valence-corrected chi connectivity index (χ4v) is 4.04. The smallest absolute Gasteiger partial charge is 0.296 e. The van der Waals surface area contributed by atoms with Gasteiger partial charge >= 0.3 is 0 Å². The Morgan fingerprint density at radius 3 is 2.42 bits per heavy atom. The molecule has 1 N–H and O–H groups in total. The maximum absolute atomic E-state index is 13.2. The zero-order valence-electron chi connectivity index (χ0n) is 18.7. The molecule has 1 aromatic heterocycles. The van der Waals surface area contributed by atoms with Gasteiger partial charge in [0.15, 0.2) is 0 Å². The van der Waals surface area contributed by atoms with E-state index in [4.69, 9.17) is 13.9 Å². The predicted octanol–water partition coefficient (Wildman–Crippen LogP) is 4.48. The minimum atomic E-state index is -0.795. The Morgan fingerprint density at radius 2 is 1.82 bits per heavy atom. The van der Waals surface area contributed by atoms with Crippen LogP contribution in [0.3, 0.4) is 0 Å². The van der Waals surface area contributed by atoms with Crippen molar-refractivity contribution in [1.29, 1.82) is 0 Å². The van der Waals surface area contributed by atoms with Gasteiger partial charge in [-0.2, -0.15) is 0 Å². The fraction of sp³-hybridized carbons (Fsp3) is 0.231. The van der Waals surface area contributed by atoms with E-state index in [-0.39, 0.29) is 23.4 Å². The van der Waals surface area contributed by atoms with Gasteiger partial charge in [-0.15, -0.1) is 0 Å². The normalized spacial score (nSPS) is 17.4. The lowest BCUT2D eigenvalue weighted by atomic mass is 9.94. The van der Waals surface area contributed by atoms with E-state index in [0.29, 0.717) is 22.8 Å². The number of ether oxygens (including phenoxy) is 2. The molecule has 170 valence electrons. The quantitative estimate of drug-likeness (QED) is 0.326. The molecule has 0 bridgehead atoms. The number of ketones is 1. The average molecular weight is 447 g/mol. The van der Waals surface area contributed by atoms with Gasteiger partial charge in [0.05, 0.1) is 44.2 Å². The van der Waals surface area contributed by atoms with E-state index in [1.807, 2.05) is 31.2 Å². The SMILES string of the molecule is CCc1ccc(C2/C(=C(\O)c3cc(OC)ccc3OC)C(=O)C(=O)N2Cc2ccco2)cc1. The third kappa shape index (κ3) is 4.09. The summed E-state index contributed by atoms with van der Waals surface area (Å²) in [6.45, 7) is 2.14. The summed E-state index contributed by atoms with van der Waals surface area (Å²) in [5.74, 6) is -0.439. The molecule has 1 atom stereocenters. The van der Waals surface area contributed by atoms with Crippen LogP contribution in [0.15, 0.2) is 70.9 Å². The number of hydrogen-bond acceptors (Lipinski definition) is 6. The number of benzene rings is 2. The van der Waals surface area contributed by atoms with Gasteiger partial charge in [-0.25, -0.2) is 0 Å². The summed E-state index contributed by atoms with van der Waals surface area (Å²) in [5.41, 5.74) is 2.09. The number of amides is 1. The van der Waals surface area contributed by atoms with E-state index >= 15 is 0 Å². The van der Waals surface area contributed by atoms with Crippen LogP contribution in [0.2, 0.25) is 0 Å². The number of carbonyl (C=O) groups excluding carboxylic acids is 2. The van der Waals surface area contributed by atoms with Crippen molar-refractivity contribution in [2.24, 2.45) is 0 Å². The van der Waals surface area contributed by atoms with Gasteiger partial charge in [0.1, 0.15) is 23.0 Å². The first-order chi connectivity index (χ1) is 16.0. The average Bonchev–Trinajstić information content (AvgIpc) is 3.45. The number of likely N-dealkylation sites (tertiary alicyclic amines) is 1. The van der Waals surface area contributed by atoms with Crippen LogP contribution in [0.25, 0.3) is 5.76 Å². The van der Waals surface area contributed by atoms with Gasteiger partial charge < -0.3 is 23.9 Å². The third-order valence-electron chi connectivity index (χ3n) is 5.81. The van der Waals surface area contributed by atoms with E-state index < -0.39 is 17.7 Å². The lowest BCUT2D eigenvalue weighted by molar-refractivity contribution is -0.140. The Morgan fingerprint density at radius 1 is 1.06 bits per heavy atom. The summed E-state index contributed by atoms with van der Waals surface area (Å²) >= 11 is 0. The van der Waals surface area contributed by atoms with E-state index in [2.05, 4.69) is 0 Å². The highest BCUT2D eigenvalue weighted by molar-refractivity contribution is 6.46. The van der Waals surface area contributed by atoms with Crippen molar-refractivity contribution in [3.8, 4) is 11.5 Å². The fourth-order valence-electron chi connectivity index (χ4n) is 4.04. The first-order valence-corrected chi connectivity index (χ1v) is 10.6. The number of furan rings is 1. The van der Waals surface area contributed by atoms with Crippen LogP contribution in [0.5, 0.6) is 11.5 Å². The largest absolute Gasteiger partial charge is 0.507 e. The maximum Gasteiger partial charge on any atom is 0.296 e. The molecule has 0 radical (unpaired) electrons. The molecule has 0 saturated carbocycles. The van der Waals surface area contributed by atoms with Crippen molar-refractivity contribution in [2.75, 3.05) is 14.2 Å². The predicted molar refractivity (Wildman–Crippen MR) is 122 cm³/mol. The van der Waals surface area contributed by atoms with Crippen LogP contribution in [0.1, 0.15) is 35.4 Å². The van der Waals surface area contributed by atoms with Gasteiger partial charge in [0.25, 0.3) is 11.7 Å². The lowest BCUT2D eigenvalue weighted by Gasteiger charge is -2.25. The van der Waals surface area contributed by atoms with E-state index in [1.165, 1.54) is 25.4 Å². The molecule has 0 spiro atoms. The number of aliphatic hydroxyl groups excluding tert-OH is 1. The highest BCUT2D eigenvalue weighted by atomic mass is 16.5. The van der Waals surface area contributed by atoms with Gasteiger partial charge in [0.2, 0.25) is 0 Å². The summed E-state index contributed by atoms with van der Waals surface area (Å²) in [5, 5.41) is 11.3. The molecule has 0 aliphatic carbocycles. The number of aryl methyl sites for hydroxylation is 1. The second-order valence-electron chi connectivity index (χ2n) is 7.67. The molecule has 1 amide bonds. The Balaban J connectivity index is 1.90. The maximum atomic E-state index is 13.2. The van der Waals surface area contributed by atoms with Crippen molar-refractivity contribution in [3.63, 3.8) is 0 Å². The summed E-state index contributed by atoms with van der Waals surface area (Å²) in [6, 6.07) is 15.2. The van der Waals surface area contributed by atoms with Crippen molar-refractivity contribution in [2.45, 2.75) is 25.9 Å². The first kappa shape index (κ1) is 22.2. The Kier molecular flexibility index (Phi) is 6.22. The minimum Gasteiger partial charge on any atom is -0.507 e. The molecule has 1 aliphatic rings. The highest BCUT2D eigenvalue weighted by Gasteiger charge is 2.46. The third-order valence-corrected chi connectivity index (χ3v) is 5.81. The molecular formula is C26H25NO6. The Hall–Kier alpha value is -4.00. The molecule has 7 heteroatoms. The van der Waals surface area contributed by atoms with Crippen LogP contribution in [0.4, 0.5) is 0 Å². The second-order valence-corrected chi connectivity index (χ2v) is 7.67. The minimum absolute atomic E-state index is 0.0117. The molecular weight excluding hydrogens is 422 g/mol. The molecule has 1 saturated heterocycles. The van der Waals surface area contributed by atoms with Crippen LogP contribution < -0.4 is 9.47 Å². The molecule has 3 aromatic rings. The lowest BCUT2D eigenvalue weighted by Crippen LogP contribution is -2.29. The highest BCUT2D eigenvalue weighted by Crippen LogP contribution is 2.42. The number of aliphatic hydroxyl groups is 1. The van der Waals surface area contributed by atoms with Crippen molar-refractivity contribution in [1.82, 2.24) is 4.90 Å². The summed E-state index contributed by atoms with van der Waals surface area (Å²) in [4.78, 5) is 27.7. The molecule has 1 fully saturated rings. The van der Waals surface area contributed by atoms with Gasteiger partial charge in [-0.3, -0.25) is 9.59 Å². The first-order valence-electron chi connectivity index (χ1n) is 10.6. The zero-order valence-corrected chi connectivity index (χ0v) is 18.7. The van der Waals surface area contributed by atoms with Gasteiger partial charge in [-0.05, 0) is 47.9 Å². The molecule has 4 rings (SSSR count). The van der Waals surface area contributed by atoms with Crippen LogP contribution in [-0.2, 0) is 22.6 Å². The molecule has 1 unspecified atom stereocenters. The van der Waals surface area contributed by atoms with E-state index in [9.17, 15) is 14.7 Å². The number of carbonyl (C=O) groups is 2. The number of rotatable bonds is 7. The van der Waals surface area contributed by atoms with Gasteiger partial charge in [0, 0.05) is 0 Å². The number of Topliss-reactive ketones (excluding diaryl/α,β-unsaturated/α-hetero) is 1. The standard InChI is InChI=1S/C26H25NO6/c1-4-16-7-9-17(10-8-16)23-22(24(28)20-14-18(31-2)11-12-21(20)32-3)25(29)26(30)27(23)15-19-6-5-13-33-19/h5-14,23,28H,4,15H2,1-3H3/b24-22+. The van der Waals surface area contributed by atoms with E-state index in [0.717, 1.165) is 12.0 Å². The van der Waals surface area contributed by atoms with Crippen LogP contribution in [-0.4, -0.2) is 35.9 Å². The molecule has 1 aliphatic heterocycles. The van der Waals surface area contributed by atoms with Crippen molar-refractivity contribution < 1.29 is 28.6 Å². The summed E-state index contributed by atoms with van der Waals surface area (Å²) in [7, 11) is 2.97. The van der Waals surface area contributed by atoms with Crippen molar-refractivity contribution in [3.05, 3.63) is 88.9 Å². The molecule has 33 heavy (non-hydrogen) atoms. The monoisotopic (exact) mass is 447 g/mol. The molecule has 2 heterocycles. The second kappa shape index (κ2) is 9.24. The van der Waals surface area contributed by atoms with Crippen molar-refractivity contribution >= 4 is 17.4 Å². The molecule has 7 nitrogen and oxygen atoms in total. The number of nitrogens with zero attached hydrogens (tertiary/aromatic N) is 1. The Bertz CT molecular complexity index is 1190. The Labute approximate surface area is 191 Å². The van der Waals surface area contributed by atoms with Crippen LogP contribution in [0, 0.1) is 0 Å². The summed E-state index contributed by atoms with van der Waals surface area (Å²) in [6.07, 6.45) is 2.37. The molecule has 2 aromatic carbocycles. The van der Waals surface area contributed by atoms with Crippen LogP contribution >= 0.6 is 0 Å². The topological polar surface area (TPSA) is 89.2 Å². The van der Waals surface area contributed by atoms with Gasteiger partial charge in [-0.1, -0.05) is 31.2 Å². The number of methoxy groups -OCH3 is 2.